The van der Waals surface area contributed by atoms with Gasteiger partial charge in [-0.3, -0.25) is 9.69 Å². The van der Waals surface area contributed by atoms with Gasteiger partial charge in [-0.1, -0.05) is 34.4 Å². The molecule has 3 aliphatic rings. The van der Waals surface area contributed by atoms with Gasteiger partial charge in [0.05, 0.1) is 38.6 Å². The Balaban J connectivity index is 1.21. The van der Waals surface area contributed by atoms with E-state index in [0.29, 0.717) is 38.7 Å². The van der Waals surface area contributed by atoms with E-state index in [4.69, 9.17) is 32.5 Å². The molecular weight excluding hydrogens is 541 g/mol. The van der Waals surface area contributed by atoms with Crippen molar-refractivity contribution in [2.75, 3.05) is 4.90 Å². The number of fused-ring (bicyclic) bond motifs is 2. The zero-order valence-corrected chi connectivity index (χ0v) is 22.0. The number of hydrogen-bond donors (Lipinski definition) is 1. The first-order chi connectivity index (χ1) is 18.9. The Hall–Kier alpha value is -3.88. The highest BCUT2D eigenvalue weighted by molar-refractivity contribution is 6.39. The zero-order chi connectivity index (χ0) is 26.9. The fourth-order valence-electron chi connectivity index (χ4n) is 5.33. The van der Waals surface area contributed by atoms with E-state index in [1.165, 1.54) is 12.3 Å². The summed E-state index contributed by atoms with van der Waals surface area (Å²) < 4.78 is 12.0. The molecule has 3 heterocycles. The Labute approximate surface area is 233 Å². The largest absolute Gasteiger partial charge is 0.489 e. The Kier molecular flexibility index (Phi) is 5.47. The van der Waals surface area contributed by atoms with Crippen LogP contribution in [0.5, 0.6) is 5.75 Å². The molecular formula is C29H21Cl2N3O5. The summed E-state index contributed by atoms with van der Waals surface area (Å²) >= 11 is 13.0. The number of anilines is 2. The molecule has 1 spiro atoms. The maximum absolute atomic E-state index is 13.5. The Bertz CT molecular complexity index is 1640. The summed E-state index contributed by atoms with van der Waals surface area (Å²) in [5.41, 5.74) is 3.52. The predicted molar refractivity (Wildman–Crippen MR) is 144 cm³/mol. The molecule has 0 bridgehead atoms. The number of carboxylic acids is 1. The summed E-state index contributed by atoms with van der Waals surface area (Å²) in [5, 5.41) is 14.5. The van der Waals surface area contributed by atoms with E-state index < -0.39 is 11.4 Å². The zero-order valence-electron chi connectivity index (χ0n) is 20.5. The van der Waals surface area contributed by atoms with E-state index in [1.54, 1.807) is 29.2 Å². The number of ether oxygens (including phenoxy) is 1. The van der Waals surface area contributed by atoms with Gasteiger partial charge in [0.25, 0.3) is 0 Å². The maximum atomic E-state index is 13.5. The van der Waals surface area contributed by atoms with Crippen LogP contribution in [-0.2, 0) is 16.8 Å². The summed E-state index contributed by atoms with van der Waals surface area (Å²) in [7, 11) is 0. The van der Waals surface area contributed by atoms with Crippen LogP contribution in [0.4, 0.5) is 11.4 Å². The van der Waals surface area contributed by atoms with Crippen molar-refractivity contribution in [3.63, 3.8) is 0 Å². The molecule has 0 atom stereocenters. The molecule has 0 unspecified atom stereocenters. The summed E-state index contributed by atoms with van der Waals surface area (Å²) in [6.45, 7) is 0.205. The van der Waals surface area contributed by atoms with Crippen LogP contribution in [-0.4, -0.2) is 27.1 Å². The average Bonchev–Trinajstić information content (AvgIpc) is 3.85. The number of halogens is 2. The van der Waals surface area contributed by atoms with Crippen LogP contribution in [0.2, 0.25) is 10.0 Å². The Morgan fingerprint density at radius 1 is 1.13 bits per heavy atom. The van der Waals surface area contributed by atoms with Crippen molar-refractivity contribution >= 4 is 46.5 Å². The van der Waals surface area contributed by atoms with Gasteiger partial charge in [-0.2, -0.15) is 0 Å². The number of carboxylic acid groups (broad SMARTS) is 1. The fraction of sp³-hybridized carbons (Fsp3) is 0.241. The summed E-state index contributed by atoms with van der Waals surface area (Å²) in [4.78, 5) is 30.3. The molecule has 196 valence electrons. The summed E-state index contributed by atoms with van der Waals surface area (Å²) in [6.07, 6.45) is 4.96. The van der Waals surface area contributed by atoms with Crippen molar-refractivity contribution in [2.45, 2.75) is 43.6 Å². The maximum Gasteiger partial charge on any atom is 0.354 e. The van der Waals surface area contributed by atoms with E-state index in [0.717, 1.165) is 48.3 Å². The van der Waals surface area contributed by atoms with Crippen LogP contribution in [0.3, 0.4) is 0 Å². The van der Waals surface area contributed by atoms with Crippen LogP contribution in [0.15, 0.2) is 59.3 Å². The van der Waals surface area contributed by atoms with Crippen molar-refractivity contribution in [3.8, 4) is 17.0 Å². The fourth-order valence-corrected chi connectivity index (χ4v) is 5.91. The van der Waals surface area contributed by atoms with Crippen LogP contribution in [0, 0.1) is 0 Å². The smallest absolute Gasteiger partial charge is 0.354 e. The second kappa shape index (κ2) is 8.83. The summed E-state index contributed by atoms with van der Waals surface area (Å²) in [6, 6.07) is 13.9. The number of nitrogens with zero attached hydrogens (tertiary/aromatic N) is 3. The van der Waals surface area contributed by atoms with Crippen molar-refractivity contribution < 1.29 is 24.0 Å². The highest BCUT2D eigenvalue weighted by Gasteiger charge is 2.59. The third kappa shape index (κ3) is 3.89. The number of pyridine rings is 1. The molecule has 2 aliphatic carbocycles. The van der Waals surface area contributed by atoms with Crippen molar-refractivity contribution in [1.29, 1.82) is 0 Å². The van der Waals surface area contributed by atoms with Gasteiger partial charge in [-0.15, -0.1) is 0 Å². The van der Waals surface area contributed by atoms with E-state index >= 15 is 0 Å². The molecule has 1 N–H and O–H groups in total. The number of aromatic nitrogens is 2. The lowest BCUT2D eigenvalue weighted by atomic mass is 9.98. The SMILES string of the molecule is O=C(O)c1ccc(N2C(=O)C3(CC3)c3cc(OCc4c(-c5c(Cl)cccc5Cl)noc4C4CC4)ccc32)cn1. The highest BCUT2D eigenvalue weighted by Crippen LogP contribution is 2.59. The molecule has 0 radical (unpaired) electrons. The number of amides is 1. The molecule has 2 saturated carbocycles. The molecule has 4 aromatic rings. The van der Waals surface area contributed by atoms with Gasteiger partial charge in [0, 0.05) is 11.5 Å². The van der Waals surface area contributed by atoms with Crippen LogP contribution in [0.1, 0.15) is 59.0 Å². The van der Waals surface area contributed by atoms with E-state index in [2.05, 4.69) is 10.1 Å². The van der Waals surface area contributed by atoms with Crippen molar-refractivity contribution in [3.05, 3.63) is 87.4 Å². The topological polar surface area (TPSA) is 106 Å². The Morgan fingerprint density at radius 3 is 2.54 bits per heavy atom. The van der Waals surface area contributed by atoms with E-state index in [-0.39, 0.29) is 18.2 Å². The second-order valence-electron chi connectivity index (χ2n) is 10.1. The van der Waals surface area contributed by atoms with Gasteiger partial charge in [0.1, 0.15) is 29.5 Å². The highest BCUT2D eigenvalue weighted by atomic mass is 35.5. The first kappa shape index (κ1) is 24.2. The monoisotopic (exact) mass is 561 g/mol. The van der Waals surface area contributed by atoms with Gasteiger partial charge in [0.2, 0.25) is 5.91 Å². The average molecular weight is 562 g/mol. The van der Waals surface area contributed by atoms with Crippen molar-refractivity contribution in [1.82, 2.24) is 10.1 Å². The minimum atomic E-state index is -1.12. The predicted octanol–water partition coefficient (Wildman–Crippen LogP) is 6.91. The molecule has 8 nitrogen and oxygen atoms in total. The lowest BCUT2D eigenvalue weighted by Crippen LogP contribution is -2.28. The number of aromatic carboxylic acids is 1. The number of benzene rings is 2. The van der Waals surface area contributed by atoms with E-state index in [1.807, 2.05) is 18.2 Å². The van der Waals surface area contributed by atoms with Gasteiger partial charge >= 0.3 is 5.97 Å². The number of carbonyl (C=O) groups is 2. The molecule has 0 saturated heterocycles. The van der Waals surface area contributed by atoms with Crippen LogP contribution < -0.4 is 9.64 Å². The molecule has 10 heteroatoms. The third-order valence-corrected chi connectivity index (χ3v) is 8.29. The molecule has 1 aliphatic heterocycles. The lowest BCUT2D eigenvalue weighted by Gasteiger charge is -2.18. The van der Waals surface area contributed by atoms with Crippen LogP contribution in [0.25, 0.3) is 11.3 Å². The first-order valence-electron chi connectivity index (χ1n) is 12.6. The molecule has 7 rings (SSSR count). The van der Waals surface area contributed by atoms with Gasteiger partial charge in [0.15, 0.2) is 0 Å². The number of carbonyl (C=O) groups excluding carboxylic acids is 1. The lowest BCUT2D eigenvalue weighted by molar-refractivity contribution is -0.119. The van der Waals surface area contributed by atoms with Crippen LogP contribution >= 0.6 is 23.2 Å². The first-order valence-corrected chi connectivity index (χ1v) is 13.4. The van der Waals surface area contributed by atoms with Gasteiger partial charge < -0.3 is 14.4 Å². The van der Waals surface area contributed by atoms with Gasteiger partial charge in [-0.25, -0.2) is 9.78 Å². The molecule has 1 amide bonds. The number of rotatable bonds is 7. The molecule has 2 aromatic carbocycles. The van der Waals surface area contributed by atoms with Gasteiger partial charge in [-0.05, 0) is 73.7 Å². The normalized spacial score (nSPS) is 17.0. The second-order valence-corrected chi connectivity index (χ2v) is 11.0. The number of hydrogen-bond acceptors (Lipinski definition) is 6. The molecule has 39 heavy (non-hydrogen) atoms. The summed E-state index contributed by atoms with van der Waals surface area (Å²) in [5.74, 6) is 0.554. The van der Waals surface area contributed by atoms with Crippen molar-refractivity contribution in [2.24, 2.45) is 0 Å². The third-order valence-electron chi connectivity index (χ3n) is 7.66. The Morgan fingerprint density at radius 2 is 1.90 bits per heavy atom. The minimum Gasteiger partial charge on any atom is -0.489 e. The van der Waals surface area contributed by atoms with E-state index in [9.17, 15) is 14.7 Å². The quantitative estimate of drug-likeness (QED) is 0.261. The molecule has 2 aromatic heterocycles. The minimum absolute atomic E-state index is 0.0368. The molecule has 2 fully saturated rings. The standard InChI is InChI=1S/C29H21Cl2N3O5/c30-20-2-1-3-21(31)24(20)25-18(26(39-33-25)15-4-5-15)14-38-17-7-9-23-19(12-17)29(10-11-29)28(37)34(23)16-6-8-22(27(35)36)32-13-16/h1-3,6-9,12-13,15H,4-5,10-11,14H2,(H,35,36).